The lowest BCUT2D eigenvalue weighted by Crippen LogP contribution is -2.29. The van der Waals surface area contributed by atoms with E-state index in [1.54, 1.807) is 23.5 Å². The number of hydrogen-bond donors (Lipinski definition) is 2. The van der Waals surface area contributed by atoms with Gasteiger partial charge in [0.05, 0.1) is 6.04 Å². The number of nitrogens with two attached hydrogens (primary N) is 1. The Morgan fingerprint density at radius 2 is 2.18 bits per heavy atom. The normalized spacial score (nSPS) is 12.7. The van der Waals surface area contributed by atoms with Gasteiger partial charge in [-0.3, -0.25) is 5.84 Å². The van der Waals surface area contributed by atoms with Crippen LogP contribution in [0.4, 0.5) is 4.39 Å². The molecule has 3 N–H and O–H groups in total. The second-order valence-corrected chi connectivity index (χ2v) is 5.79. The van der Waals surface area contributed by atoms with Crippen molar-refractivity contribution in [3.8, 4) is 0 Å². The molecular formula is C12H12BrFN2S. The van der Waals surface area contributed by atoms with Crippen molar-refractivity contribution in [1.29, 1.82) is 0 Å². The minimum Gasteiger partial charge on any atom is -0.271 e. The Hall–Kier alpha value is -0.750. The topological polar surface area (TPSA) is 38.0 Å². The number of halogens is 2. The standard InChI is InChI=1S/C12H12BrFN2S/c1-7-4-8(6-17-7)12(16-15)10-5-9(13)2-3-11(10)14/h2-6,12,16H,15H2,1H3. The lowest BCUT2D eigenvalue weighted by molar-refractivity contribution is 0.560. The van der Waals surface area contributed by atoms with E-state index in [9.17, 15) is 4.39 Å². The smallest absolute Gasteiger partial charge is 0.128 e. The van der Waals surface area contributed by atoms with Crippen LogP contribution in [0.15, 0.2) is 34.1 Å². The van der Waals surface area contributed by atoms with Crippen LogP contribution in [-0.2, 0) is 0 Å². The lowest BCUT2D eigenvalue weighted by atomic mass is 10.0. The largest absolute Gasteiger partial charge is 0.271 e. The molecule has 0 aliphatic heterocycles. The zero-order chi connectivity index (χ0) is 12.4. The van der Waals surface area contributed by atoms with Gasteiger partial charge in [0.15, 0.2) is 0 Å². The maximum atomic E-state index is 13.8. The van der Waals surface area contributed by atoms with Gasteiger partial charge in [-0.05, 0) is 42.1 Å². The first-order valence-corrected chi connectivity index (χ1v) is 6.75. The van der Waals surface area contributed by atoms with Gasteiger partial charge in [0.1, 0.15) is 5.82 Å². The highest BCUT2D eigenvalue weighted by molar-refractivity contribution is 9.10. The van der Waals surface area contributed by atoms with Gasteiger partial charge in [-0.2, -0.15) is 0 Å². The average molecular weight is 315 g/mol. The van der Waals surface area contributed by atoms with E-state index in [-0.39, 0.29) is 11.9 Å². The maximum absolute atomic E-state index is 13.8. The van der Waals surface area contributed by atoms with E-state index >= 15 is 0 Å². The van der Waals surface area contributed by atoms with Crippen LogP contribution < -0.4 is 11.3 Å². The van der Waals surface area contributed by atoms with Crippen LogP contribution in [0, 0.1) is 12.7 Å². The Labute approximate surface area is 112 Å². The van der Waals surface area contributed by atoms with E-state index in [1.807, 2.05) is 18.4 Å². The highest BCUT2D eigenvalue weighted by Crippen LogP contribution is 2.29. The number of aryl methyl sites for hydroxylation is 1. The van der Waals surface area contributed by atoms with E-state index < -0.39 is 0 Å². The summed E-state index contributed by atoms with van der Waals surface area (Å²) in [5.41, 5.74) is 4.18. The SMILES string of the molecule is Cc1cc(C(NN)c2cc(Br)ccc2F)cs1. The zero-order valence-electron chi connectivity index (χ0n) is 9.21. The minimum absolute atomic E-state index is 0.264. The molecule has 0 aliphatic rings. The summed E-state index contributed by atoms with van der Waals surface area (Å²) in [4.78, 5) is 1.18. The molecule has 0 saturated heterocycles. The summed E-state index contributed by atoms with van der Waals surface area (Å²) in [6, 6.07) is 6.54. The van der Waals surface area contributed by atoms with Crippen molar-refractivity contribution < 1.29 is 4.39 Å². The van der Waals surface area contributed by atoms with Crippen molar-refractivity contribution in [1.82, 2.24) is 5.43 Å². The van der Waals surface area contributed by atoms with Gasteiger partial charge in [-0.1, -0.05) is 15.9 Å². The molecule has 2 nitrogen and oxygen atoms in total. The van der Waals surface area contributed by atoms with Crippen LogP contribution >= 0.6 is 27.3 Å². The number of thiophene rings is 1. The maximum Gasteiger partial charge on any atom is 0.128 e. The molecule has 0 fully saturated rings. The monoisotopic (exact) mass is 314 g/mol. The first-order chi connectivity index (χ1) is 8.11. The highest BCUT2D eigenvalue weighted by Gasteiger charge is 2.17. The van der Waals surface area contributed by atoms with Crippen molar-refractivity contribution in [3.05, 3.63) is 55.9 Å². The summed E-state index contributed by atoms with van der Waals surface area (Å²) in [5.74, 6) is 5.27. The van der Waals surface area contributed by atoms with Crippen molar-refractivity contribution in [2.45, 2.75) is 13.0 Å². The predicted molar refractivity (Wildman–Crippen MR) is 72.3 cm³/mol. The number of nitrogens with one attached hydrogen (secondary N) is 1. The second-order valence-electron chi connectivity index (χ2n) is 3.76. The van der Waals surface area contributed by atoms with Crippen LogP contribution in [0.25, 0.3) is 0 Å². The third-order valence-electron chi connectivity index (χ3n) is 2.52. The first-order valence-electron chi connectivity index (χ1n) is 5.08. The van der Waals surface area contributed by atoms with E-state index in [0.29, 0.717) is 5.56 Å². The lowest BCUT2D eigenvalue weighted by Gasteiger charge is -2.16. The molecule has 0 bridgehead atoms. The van der Waals surface area contributed by atoms with Gasteiger partial charge in [0, 0.05) is 14.9 Å². The molecular weight excluding hydrogens is 303 g/mol. The Balaban J connectivity index is 2.45. The molecule has 0 saturated carbocycles. The number of rotatable bonds is 3. The quantitative estimate of drug-likeness (QED) is 0.672. The summed E-state index contributed by atoms with van der Waals surface area (Å²) in [7, 11) is 0. The van der Waals surface area contributed by atoms with Gasteiger partial charge in [-0.15, -0.1) is 11.3 Å². The second kappa shape index (κ2) is 5.27. The van der Waals surface area contributed by atoms with E-state index in [4.69, 9.17) is 5.84 Å². The minimum atomic E-state index is -0.322. The molecule has 1 heterocycles. The molecule has 17 heavy (non-hydrogen) atoms. The molecule has 0 radical (unpaired) electrons. The molecule has 1 unspecified atom stereocenters. The fourth-order valence-corrected chi connectivity index (χ4v) is 2.83. The number of hydrogen-bond acceptors (Lipinski definition) is 3. The Bertz CT molecular complexity index is 527. The van der Waals surface area contributed by atoms with Gasteiger partial charge in [0.25, 0.3) is 0 Å². The van der Waals surface area contributed by atoms with Gasteiger partial charge in [-0.25, -0.2) is 9.82 Å². The van der Waals surface area contributed by atoms with Crippen molar-refractivity contribution in [2.24, 2.45) is 5.84 Å². The third kappa shape index (κ3) is 2.74. The Morgan fingerprint density at radius 1 is 1.41 bits per heavy atom. The summed E-state index contributed by atoms with van der Waals surface area (Å²) < 4.78 is 14.6. The van der Waals surface area contributed by atoms with E-state index in [2.05, 4.69) is 21.4 Å². The molecule has 0 spiro atoms. The average Bonchev–Trinajstić information content (AvgIpc) is 2.71. The number of hydrazine groups is 1. The Morgan fingerprint density at radius 3 is 2.76 bits per heavy atom. The Kier molecular flexibility index (Phi) is 3.93. The molecule has 1 aromatic carbocycles. The third-order valence-corrected chi connectivity index (χ3v) is 3.89. The molecule has 1 aromatic heterocycles. The van der Waals surface area contributed by atoms with Crippen LogP contribution in [0.5, 0.6) is 0 Å². The molecule has 5 heteroatoms. The summed E-state index contributed by atoms with van der Waals surface area (Å²) in [6.07, 6.45) is 0. The number of benzene rings is 1. The molecule has 2 rings (SSSR count). The molecule has 1 atom stereocenters. The molecule has 90 valence electrons. The van der Waals surface area contributed by atoms with E-state index in [0.717, 1.165) is 10.0 Å². The fraction of sp³-hybridized carbons (Fsp3) is 0.167. The molecule has 0 amide bonds. The van der Waals surface area contributed by atoms with Gasteiger partial charge >= 0.3 is 0 Å². The van der Waals surface area contributed by atoms with Gasteiger partial charge < -0.3 is 0 Å². The fourth-order valence-electron chi connectivity index (χ4n) is 1.72. The first kappa shape index (κ1) is 12.7. The van der Waals surface area contributed by atoms with Crippen molar-refractivity contribution in [3.63, 3.8) is 0 Å². The predicted octanol–water partition coefficient (Wildman–Crippen LogP) is 3.51. The van der Waals surface area contributed by atoms with Gasteiger partial charge in [0.2, 0.25) is 0 Å². The van der Waals surface area contributed by atoms with E-state index in [1.165, 1.54) is 10.9 Å². The summed E-state index contributed by atoms with van der Waals surface area (Å²) >= 11 is 4.96. The summed E-state index contributed by atoms with van der Waals surface area (Å²) in [6.45, 7) is 2.01. The highest BCUT2D eigenvalue weighted by atomic mass is 79.9. The van der Waals surface area contributed by atoms with Crippen molar-refractivity contribution in [2.75, 3.05) is 0 Å². The van der Waals surface area contributed by atoms with Crippen LogP contribution in [0.1, 0.15) is 22.0 Å². The van der Waals surface area contributed by atoms with Crippen LogP contribution in [0.2, 0.25) is 0 Å². The van der Waals surface area contributed by atoms with Crippen LogP contribution in [-0.4, -0.2) is 0 Å². The molecule has 0 aliphatic carbocycles. The summed E-state index contributed by atoms with van der Waals surface area (Å²) in [5, 5.41) is 1.99. The molecule has 2 aromatic rings. The zero-order valence-corrected chi connectivity index (χ0v) is 11.6. The van der Waals surface area contributed by atoms with Crippen LogP contribution in [0.3, 0.4) is 0 Å². The van der Waals surface area contributed by atoms with Crippen molar-refractivity contribution >= 4 is 27.3 Å².